The summed E-state index contributed by atoms with van der Waals surface area (Å²) in [5.74, 6) is 0. The topological polar surface area (TPSA) is 12.5 Å². The molecule has 2 fully saturated rings. The first-order chi connectivity index (χ1) is 9.50. The molecule has 2 heteroatoms. The van der Waals surface area contributed by atoms with E-state index in [9.17, 15) is 0 Å². The summed E-state index contributed by atoms with van der Waals surface area (Å²) in [5.41, 5.74) is 3.46. The fourth-order valence-electron chi connectivity index (χ4n) is 3.39. The quantitative estimate of drug-likeness (QED) is 0.814. The number of ether oxygens (including phenoxy) is 1. The van der Waals surface area contributed by atoms with Crippen molar-refractivity contribution in [1.82, 2.24) is 4.90 Å². The van der Waals surface area contributed by atoms with Crippen LogP contribution in [-0.4, -0.2) is 30.2 Å². The van der Waals surface area contributed by atoms with Crippen molar-refractivity contribution in [2.24, 2.45) is 0 Å². The molecule has 0 bridgehead atoms. The Labute approximate surface area is 123 Å². The van der Waals surface area contributed by atoms with Crippen LogP contribution in [-0.2, 0) is 16.7 Å². The predicted molar refractivity (Wildman–Crippen MR) is 83.0 cm³/mol. The Morgan fingerprint density at radius 3 is 2.35 bits per heavy atom. The van der Waals surface area contributed by atoms with Crippen LogP contribution in [0, 0.1) is 0 Å². The van der Waals surface area contributed by atoms with Gasteiger partial charge in [-0.2, -0.15) is 0 Å². The lowest BCUT2D eigenvalue weighted by Crippen LogP contribution is -2.63. The van der Waals surface area contributed by atoms with Crippen LogP contribution in [0.5, 0.6) is 0 Å². The number of nitrogens with zero attached hydrogens (tertiary/aromatic N) is 1. The van der Waals surface area contributed by atoms with Crippen molar-refractivity contribution in [3.8, 4) is 0 Å². The number of piperidine rings is 1. The first kappa shape index (κ1) is 14.1. The Balaban J connectivity index is 1.71. The molecule has 0 unspecified atom stereocenters. The first-order valence-corrected chi connectivity index (χ1v) is 7.92. The van der Waals surface area contributed by atoms with Gasteiger partial charge in [-0.25, -0.2) is 0 Å². The SMILES string of the molecule is CC(C)(C)c1ccc(CN2CCCCC23COC3)cc1. The third kappa shape index (κ3) is 2.64. The molecular weight excluding hydrogens is 246 g/mol. The Hall–Kier alpha value is -0.860. The van der Waals surface area contributed by atoms with Gasteiger partial charge in [-0.3, -0.25) is 4.90 Å². The van der Waals surface area contributed by atoms with Crippen molar-refractivity contribution >= 4 is 0 Å². The smallest absolute Gasteiger partial charge is 0.0681 e. The Morgan fingerprint density at radius 2 is 1.80 bits per heavy atom. The third-order valence-corrected chi connectivity index (χ3v) is 4.93. The van der Waals surface area contributed by atoms with Crippen LogP contribution in [0.4, 0.5) is 0 Å². The number of hydrogen-bond acceptors (Lipinski definition) is 2. The molecule has 0 saturated carbocycles. The van der Waals surface area contributed by atoms with Crippen molar-refractivity contribution in [2.75, 3.05) is 19.8 Å². The summed E-state index contributed by atoms with van der Waals surface area (Å²) < 4.78 is 5.51. The van der Waals surface area contributed by atoms with Crippen molar-refractivity contribution in [3.05, 3.63) is 35.4 Å². The largest absolute Gasteiger partial charge is 0.377 e. The standard InChI is InChI=1S/C18H27NO/c1-17(2,3)16-8-6-15(7-9-16)12-19-11-5-4-10-18(19)13-20-14-18/h6-9H,4-5,10-14H2,1-3H3. The lowest BCUT2D eigenvalue weighted by Gasteiger charge is -2.52. The highest BCUT2D eigenvalue weighted by atomic mass is 16.5. The second kappa shape index (κ2) is 5.16. The van der Waals surface area contributed by atoms with E-state index >= 15 is 0 Å². The number of hydrogen-bond donors (Lipinski definition) is 0. The zero-order valence-corrected chi connectivity index (χ0v) is 13.1. The first-order valence-electron chi connectivity index (χ1n) is 7.92. The zero-order chi connectivity index (χ0) is 14.2. The van der Waals surface area contributed by atoms with E-state index < -0.39 is 0 Å². The highest BCUT2D eigenvalue weighted by Gasteiger charge is 2.45. The highest BCUT2D eigenvalue weighted by Crippen LogP contribution is 2.35. The van der Waals surface area contributed by atoms with E-state index in [0.717, 1.165) is 19.8 Å². The fourth-order valence-corrected chi connectivity index (χ4v) is 3.39. The minimum absolute atomic E-state index is 0.243. The Bertz CT molecular complexity index is 453. The lowest BCUT2D eigenvalue weighted by atomic mass is 9.84. The lowest BCUT2D eigenvalue weighted by molar-refractivity contribution is -0.159. The Kier molecular flexibility index (Phi) is 3.64. The summed E-state index contributed by atoms with van der Waals surface area (Å²) in [6, 6.07) is 9.21. The second-order valence-corrected chi connectivity index (χ2v) is 7.54. The molecule has 0 atom stereocenters. The molecule has 110 valence electrons. The molecule has 0 radical (unpaired) electrons. The summed E-state index contributed by atoms with van der Waals surface area (Å²) in [7, 11) is 0. The van der Waals surface area contributed by atoms with Gasteiger partial charge >= 0.3 is 0 Å². The van der Waals surface area contributed by atoms with E-state index in [-0.39, 0.29) is 5.41 Å². The van der Waals surface area contributed by atoms with Crippen LogP contribution in [0.25, 0.3) is 0 Å². The van der Waals surface area contributed by atoms with Gasteiger partial charge in [0.25, 0.3) is 0 Å². The molecule has 2 saturated heterocycles. The summed E-state index contributed by atoms with van der Waals surface area (Å²) in [6.45, 7) is 11.0. The summed E-state index contributed by atoms with van der Waals surface area (Å²) in [6.07, 6.45) is 4.01. The van der Waals surface area contributed by atoms with E-state index in [2.05, 4.69) is 49.9 Å². The van der Waals surface area contributed by atoms with Crippen LogP contribution in [0.3, 0.4) is 0 Å². The van der Waals surface area contributed by atoms with E-state index in [1.807, 2.05) is 0 Å². The molecule has 1 spiro atoms. The molecule has 0 N–H and O–H groups in total. The maximum absolute atomic E-state index is 5.51. The number of benzene rings is 1. The van der Waals surface area contributed by atoms with E-state index in [1.165, 1.54) is 36.9 Å². The molecule has 0 amide bonds. The van der Waals surface area contributed by atoms with Crippen molar-refractivity contribution in [1.29, 1.82) is 0 Å². The Morgan fingerprint density at radius 1 is 1.10 bits per heavy atom. The third-order valence-electron chi connectivity index (χ3n) is 4.93. The van der Waals surface area contributed by atoms with E-state index in [0.29, 0.717) is 5.54 Å². The molecule has 1 aromatic carbocycles. The van der Waals surface area contributed by atoms with Crippen LogP contribution >= 0.6 is 0 Å². The van der Waals surface area contributed by atoms with Crippen LogP contribution < -0.4 is 0 Å². The van der Waals surface area contributed by atoms with Gasteiger partial charge in [-0.05, 0) is 35.9 Å². The van der Waals surface area contributed by atoms with Gasteiger partial charge in [0.1, 0.15) is 0 Å². The molecule has 2 heterocycles. The van der Waals surface area contributed by atoms with Crippen molar-refractivity contribution < 1.29 is 4.74 Å². The second-order valence-electron chi connectivity index (χ2n) is 7.54. The van der Waals surface area contributed by atoms with Crippen molar-refractivity contribution in [2.45, 2.75) is 57.5 Å². The van der Waals surface area contributed by atoms with Gasteiger partial charge in [-0.1, -0.05) is 51.5 Å². The van der Waals surface area contributed by atoms with E-state index in [1.54, 1.807) is 0 Å². The van der Waals surface area contributed by atoms with Crippen molar-refractivity contribution in [3.63, 3.8) is 0 Å². The zero-order valence-electron chi connectivity index (χ0n) is 13.1. The molecule has 2 aliphatic rings. The maximum Gasteiger partial charge on any atom is 0.0681 e. The molecule has 3 rings (SSSR count). The van der Waals surface area contributed by atoms with Crippen LogP contribution in [0.15, 0.2) is 24.3 Å². The number of rotatable bonds is 2. The molecule has 0 aliphatic carbocycles. The monoisotopic (exact) mass is 273 g/mol. The van der Waals surface area contributed by atoms with E-state index in [4.69, 9.17) is 4.74 Å². The molecule has 2 nitrogen and oxygen atoms in total. The van der Waals surface area contributed by atoms with Gasteiger partial charge in [0.05, 0.1) is 18.8 Å². The summed E-state index contributed by atoms with van der Waals surface area (Å²) >= 11 is 0. The average molecular weight is 273 g/mol. The molecular formula is C18H27NO. The van der Waals surface area contributed by atoms with Gasteiger partial charge in [0, 0.05) is 6.54 Å². The minimum Gasteiger partial charge on any atom is -0.377 e. The van der Waals surface area contributed by atoms with Crippen LogP contribution in [0.2, 0.25) is 0 Å². The fraction of sp³-hybridized carbons (Fsp3) is 0.667. The normalized spacial score (nSPS) is 22.8. The average Bonchev–Trinajstić information content (AvgIpc) is 2.37. The molecule has 2 aliphatic heterocycles. The molecule has 1 aromatic rings. The molecule has 0 aromatic heterocycles. The predicted octanol–water partition coefficient (Wildman–Crippen LogP) is 3.74. The number of likely N-dealkylation sites (tertiary alicyclic amines) is 1. The maximum atomic E-state index is 5.51. The summed E-state index contributed by atoms with van der Waals surface area (Å²) in [4.78, 5) is 2.66. The van der Waals surface area contributed by atoms with Crippen LogP contribution in [0.1, 0.15) is 51.2 Å². The van der Waals surface area contributed by atoms with Gasteiger partial charge < -0.3 is 4.74 Å². The minimum atomic E-state index is 0.243. The van der Waals surface area contributed by atoms with Gasteiger partial charge in [0.2, 0.25) is 0 Å². The molecule has 20 heavy (non-hydrogen) atoms. The van der Waals surface area contributed by atoms with Gasteiger partial charge in [-0.15, -0.1) is 0 Å². The summed E-state index contributed by atoms with van der Waals surface area (Å²) in [5, 5.41) is 0. The highest BCUT2D eigenvalue weighted by molar-refractivity contribution is 5.27. The van der Waals surface area contributed by atoms with Gasteiger partial charge in [0.15, 0.2) is 0 Å².